The van der Waals surface area contributed by atoms with Gasteiger partial charge in [-0.25, -0.2) is 4.39 Å². The van der Waals surface area contributed by atoms with Crippen molar-refractivity contribution in [2.24, 2.45) is 10.9 Å². The third kappa shape index (κ3) is 3.82. The maximum Gasteiger partial charge on any atom is 0.256 e. The number of halogens is 2. The molecular weight excluding hydrogens is 273 g/mol. The third-order valence-electron chi connectivity index (χ3n) is 2.51. The molecule has 1 aromatic rings. The SMILES string of the molecule is CC(C)N(CC(N)=NO)C(=O)c1ccc(F)cc1Cl. The second-order valence-electron chi connectivity index (χ2n) is 4.24. The van der Waals surface area contributed by atoms with Gasteiger partial charge >= 0.3 is 0 Å². The molecule has 0 spiro atoms. The van der Waals surface area contributed by atoms with E-state index in [4.69, 9.17) is 22.5 Å². The summed E-state index contributed by atoms with van der Waals surface area (Å²) in [5, 5.41) is 11.4. The van der Waals surface area contributed by atoms with E-state index in [1.54, 1.807) is 13.8 Å². The fourth-order valence-electron chi connectivity index (χ4n) is 1.51. The molecule has 0 saturated carbocycles. The summed E-state index contributed by atoms with van der Waals surface area (Å²) in [7, 11) is 0. The van der Waals surface area contributed by atoms with E-state index in [1.807, 2.05) is 0 Å². The van der Waals surface area contributed by atoms with Gasteiger partial charge in [-0.2, -0.15) is 0 Å². The van der Waals surface area contributed by atoms with Crippen LogP contribution in [-0.4, -0.2) is 34.4 Å². The number of rotatable bonds is 4. The van der Waals surface area contributed by atoms with Crippen LogP contribution >= 0.6 is 11.6 Å². The molecule has 0 aliphatic heterocycles. The minimum atomic E-state index is -0.519. The Kier molecular flexibility index (Phi) is 5.11. The minimum Gasteiger partial charge on any atom is -0.409 e. The van der Waals surface area contributed by atoms with Crippen molar-refractivity contribution in [3.63, 3.8) is 0 Å². The Bertz CT molecular complexity index is 506. The van der Waals surface area contributed by atoms with Crippen LogP contribution < -0.4 is 5.73 Å². The highest BCUT2D eigenvalue weighted by Crippen LogP contribution is 2.20. The molecular formula is C12H15ClFN3O2. The fraction of sp³-hybridized carbons (Fsp3) is 0.333. The van der Waals surface area contributed by atoms with Crippen LogP contribution in [0.5, 0.6) is 0 Å². The molecule has 0 heterocycles. The Hall–Kier alpha value is -1.82. The molecule has 0 aliphatic carbocycles. The average molecular weight is 288 g/mol. The van der Waals surface area contributed by atoms with E-state index in [0.717, 1.165) is 12.1 Å². The first-order chi connectivity index (χ1) is 8.86. The zero-order chi connectivity index (χ0) is 14.6. The van der Waals surface area contributed by atoms with Gasteiger partial charge in [0.25, 0.3) is 5.91 Å². The van der Waals surface area contributed by atoms with Crippen LogP contribution in [0, 0.1) is 5.82 Å². The monoisotopic (exact) mass is 287 g/mol. The topological polar surface area (TPSA) is 78.9 Å². The molecule has 0 saturated heterocycles. The van der Waals surface area contributed by atoms with Crippen LogP contribution in [0.2, 0.25) is 5.02 Å². The Morgan fingerprint density at radius 1 is 1.58 bits per heavy atom. The maximum atomic E-state index is 13.0. The zero-order valence-electron chi connectivity index (χ0n) is 10.6. The second kappa shape index (κ2) is 6.38. The van der Waals surface area contributed by atoms with E-state index in [1.165, 1.54) is 11.0 Å². The van der Waals surface area contributed by atoms with Gasteiger partial charge in [0.1, 0.15) is 5.82 Å². The molecule has 0 fully saturated rings. The lowest BCUT2D eigenvalue weighted by Crippen LogP contribution is -2.43. The van der Waals surface area contributed by atoms with Gasteiger partial charge in [-0.05, 0) is 32.0 Å². The third-order valence-corrected chi connectivity index (χ3v) is 2.82. The van der Waals surface area contributed by atoms with E-state index in [0.29, 0.717) is 0 Å². The second-order valence-corrected chi connectivity index (χ2v) is 4.65. The van der Waals surface area contributed by atoms with Crippen LogP contribution in [0.3, 0.4) is 0 Å². The molecule has 0 bridgehead atoms. The number of nitrogens with zero attached hydrogens (tertiary/aromatic N) is 2. The molecule has 0 radical (unpaired) electrons. The Morgan fingerprint density at radius 3 is 2.68 bits per heavy atom. The highest BCUT2D eigenvalue weighted by atomic mass is 35.5. The van der Waals surface area contributed by atoms with Crippen LogP contribution in [0.4, 0.5) is 4.39 Å². The Labute approximate surface area is 115 Å². The Balaban J connectivity index is 3.06. The van der Waals surface area contributed by atoms with E-state index in [-0.39, 0.29) is 29.0 Å². The number of amides is 1. The van der Waals surface area contributed by atoms with Gasteiger partial charge in [-0.1, -0.05) is 16.8 Å². The smallest absolute Gasteiger partial charge is 0.256 e. The van der Waals surface area contributed by atoms with Gasteiger partial charge in [-0.3, -0.25) is 4.79 Å². The summed E-state index contributed by atoms with van der Waals surface area (Å²) >= 11 is 5.85. The summed E-state index contributed by atoms with van der Waals surface area (Å²) in [5.74, 6) is -1.03. The van der Waals surface area contributed by atoms with E-state index in [9.17, 15) is 9.18 Å². The van der Waals surface area contributed by atoms with E-state index >= 15 is 0 Å². The standard InChI is InChI=1S/C12H15ClFN3O2/c1-7(2)17(6-11(15)16-19)12(18)9-4-3-8(14)5-10(9)13/h3-5,7,19H,6H2,1-2H3,(H2,15,16). The molecule has 1 rings (SSSR count). The van der Waals surface area contributed by atoms with Crippen molar-refractivity contribution in [2.45, 2.75) is 19.9 Å². The van der Waals surface area contributed by atoms with Crippen molar-refractivity contribution in [3.8, 4) is 0 Å². The van der Waals surface area contributed by atoms with Crippen molar-refractivity contribution >= 4 is 23.3 Å². The van der Waals surface area contributed by atoms with Crippen molar-refractivity contribution in [1.29, 1.82) is 0 Å². The first kappa shape index (κ1) is 15.2. The first-order valence-corrected chi connectivity index (χ1v) is 5.97. The number of carbonyl (C=O) groups is 1. The number of carbonyl (C=O) groups excluding carboxylic acids is 1. The number of hydrogen-bond acceptors (Lipinski definition) is 3. The lowest BCUT2D eigenvalue weighted by Gasteiger charge is -2.26. The van der Waals surface area contributed by atoms with Crippen LogP contribution in [0.1, 0.15) is 24.2 Å². The molecule has 1 aromatic carbocycles. The molecule has 5 nitrogen and oxygen atoms in total. The molecule has 0 atom stereocenters. The summed E-state index contributed by atoms with van der Waals surface area (Å²) in [4.78, 5) is 13.7. The van der Waals surface area contributed by atoms with Gasteiger partial charge in [0.15, 0.2) is 5.84 Å². The largest absolute Gasteiger partial charge is 0.409 e. The summed E-state index contributed by atoms with van der Waals surface area (Å²) in [5.41, 5.74) is 5.57. The highest BCUT2D eigenvalue weighted by Gasteiger charge is 2.22. The average Bonchev–Trinajstić information content (AvgIpc) is 2.34. The summed E-state index contributed by atoms with van der Waals surface area (Å²) in [6.45, 7) is 3.51. The number of benzene rings is 1. The number of nitrogens with two attached hydrogens (primary N) is 1. The van der Waals surface area contributed by atoms with Crippen molar-refractivity contribution in [1.82, 2.24) is 4.90 Å². The Morgan fingerprint density at radius 2 is 2.21 bits per heavy atom. The lowest BCUT2D eigenvalue weighted by atomic mass is 10.1. The number of hydrogen-bond donors (Lipinski definition) is 2. The van der Waals surface area contributed by atoms with E-state index < -0.39 is 11.7 Å². The van der Waals surface area contributed by atoms with Crippen LogP contribution in [-0.2, 0) is 0 Å². The number of amidine groups is 1. The van der Waals surface area contributed by atoms with E-state index in [2.05, 4.69) is 5.16 Å². The molecule has 0 unspecified atom stereocenters. The van der Waals surface area contributed by atoms with Crippen molar-refractivity contribution < 1.29 is 14.4 Å². The highest BCUT2D eigenvalue weighted by molar-refractivity contribution is 6.33. The molecule has 3 N–H and O–H groups in total. The minimum absolute atomic E-state index is 0.0233. The molecule has 104 valence electrons. The van der Waals surface area contributed by atoms with Gasteiger partial charge in [0.05, 0.1) is 17.1 Å². The first-order valence-electron chi connectivity index (χ1n) is 5.59. The molecule has 1 amide bonds. The van der Waals surface area contributed by atoms with Gasteiger partial charge in [-0.15, -0.1) is 0 Å². The van der Waals surface area contributed by atoms with Gasteiger partial charge < -0.3 is 15.8 Å². The predicted molar refractivity (Wildman–Crippen MR) is 71.0 cm³/mol. The quantitative estimate of drug-likeness (QED) is 0.385. The normalized spacial score (nSPS) is 11.7. The summed E-state index contributed by atoms with van der Waals surface area (Å²) in [6, 6.07) is 3.34. The molecule has 0 aliphatic rings. The van der Waals surface area contributed by atoms with Gasteiger partial charge in [0, 0.05) is 6.04 Å². The van der Waals surface area contributed by atoms with Crippen LogP contribution in [0.25, 0.3) is 0 Å². The van der Waals surface area contributed by atoms with Crippen molar-refractivity contribution in [2.75, 3.05) is 6.54 Å². The van der Waals surface area contributed by atoms with Crippen LogP contribution in [0.15, 0.2) is 23.4 Å². The van der Waals surface area contributed by atoms with Crippen molar-refractivity contribution in [3.05, 3.63) is 34.6 Å². The summed E-state index contributed by atoms with van der Waals surface area (Å²) in [6.07, 6.45) is 0. The number of oxime groups is 1. The fourth-order valence-corrected chi connectivity index (χ4v) is 1.76. The summed E-state index contributed by atoms with van der Waals surface area (Å²) < 4.78 is 13.0. The van der Waals surface area contributed by atoms with Gasteiger partial charge in [0.2, 0.25) is 0 Å². The zero-order valence-corrected chi connectivity index (χ0v) is 11.4. The molecule has 19 heavy (non-hydrogen) atoms. The lowest BCUT2D eigenvalue weighted by molar-refractivity contribution is 0.0734. The molecule has 0 aromatic heterocycles. The maximum absolute atomic E-state index is 13.0. The molecule has 7 heteroatoms. The predicted octanol–water partition coefficient (Wildman–Crippen LogP) is 2.08.